The van der Waals surface area contributed by atoms with Crippen molar-refractivity contribution in [3.63, 3.8) is 0 Å². The van der Waals surface area contributed by atoms with Crippen LogP contribution in [0.4, 0.5) is 34.1 Å². The summed E-state index contributed by atoms with van der Waals surface area (Å²) in [6, 6.07) is 18.2. The molecule has 63 heavy (non-hydrogen) atoms. The average molecular weight is 905 g/mol. The van der Waals surface area contributed by atoms with Gasteiger partial charge in [-0.2, -0.15) is 31.7 Å². The van der Waals surface area contributed by atoms with E-state index in [2.05, 4.69) is 35.8 Å². The largest absolute Gasteiger partial charge is 0.505 e. The Bertz CT molecular complexity index is 3060. The van der Waals surface area contributed by atoms with Gasteiger partial charge in [-0.3, -0.25) is 13.9 Å². The summed E-state index contributed by atoms with van der Waals surface area (Å²) in [5.74, 6) is -2.99. The fraction of sp³-hybridized carbons (Fsp3) is 0.179. The van der Waals surface area contributed by atoms with Crippen molar-refractivity contribution in [3.8, 4) is 28.8 Å². The van der Waals surface area contributed by atoms with Crippen LogP contribution in [-0.2, 0) is 31.5 Å². The molecule has 0 fully saturated rings. The van der Waals surface area contributed by atoms with Crippen LogP contribution >= 0.6 is 0 Å². The van der Waals surface area contributed by atoms with Crippen LogP contribution in [0.15, 0.2) is 119 Å². The first-order valence-corrected chi connectivity index (χ1v) is 21.1. The molecule has 7 N–H and O–H groups in total. The summed E-state index contributed by atoms with van der Waals surface area (Å²) in [6.07, 6.45) is -0.654. The molecule has 0 saturated heterocycles. The van der Waals surface area contributed by atoms with Crippen LogP contribution < -0.4 is 9.47 Å². The number of phenols is 1. The number of fused-ring (bicyclic) bond motifs is 1. The Balaban J connectivity index is 1.44. The molecule has 0 saturated carbocycles. The van der Waals surface area contributed by atoms with Crippen molar-refractivity contribution in [1.82, 2.24) is 9.78 Å². The zero-order chi connectivity index (χ0) is 45.6. The number of ether oxygens (including phenoxy) is 2. The molecule has 0 atom stereocenters. The number of aliphatic carboxylic acids is 1. The number of hydrogen-bond acceptors (Lipinski definition) is 18. The van der Waals surface area contributed by atoms with Gasteiger partial charge in [0.15, 0.2) is 11.4 Å². The topological polar surface area (TPSA) is 337 Å². The van der Waals surface area contributed by atoms with E-state index in [0.717, 1.165) is 16.3 Å². The zero-order valence-electron chi connectivity index (χ0n) is 32.9. The molecule has 6 rings (SSSR count). The number of benzene rings is 5. The van der Waals surface area contributed by atoms with Crippen molar-refractivity contribution in [3.05, 3.63) is 95.7 Å². The summed E-state index contributed by atoms with van der Waals surface area (Å²) in [5.41, 5.74) is -0.00129. The molecule has 0 bridgehead atoms. The van der Waals surface area contributed by atoms with Gasteiger partial charge in [0.2, 0.25) is 5.88 Å². The van der Waals surface area contributed by atoms with Crippen molar-refractivity contribution in [2.75, 3.05) is 26.4 Å². The van der Waals surface area contributed by atoms with Crippen LogP contribution in [0.1, 0.15) is 16.8 Å². The third-order valence-corrected chi connectivity index (χ3v) is 10.6. The highest BCUT2D eigenvalue weighted by atomic mass is 32.2. The Kier molecular flexibility index (Phi) is 13.5. The molecular weight excluding hydrogens is 869 g/mol. The summed E-state index contributed by atoms with van der Waals surface area (Å²) >= 11 is 0. The van der Waals surface area contributed by atoms with E-state index >= 15 is 0 Å². The van der Waals surface area contributed by atoms with Crippen LogP contribution in [-0.4, -0.2) is 93.7 Å². The van der Waals surface area contributed by atoms with Gasteiger partial charge in [-0.15, -0.1) is 25.6 Å². The van der Waals surface area contributed by atoms with Gasteiger partial charge < -0.3 is 35.0 Å². The number of aromatic nitrogens is 2. The minimum atomic E-state index is -5.18. The summed E-state index contributed by atoms with van der Waals surface area (Å²) in [7, 11) is -9.90. The second-order valence-electron chi connectivity index (χ2n) is 13.3. The van der Waals surface area contributed by atoms with Crippen molar-refractivity contribution >= 4 is 71.1 Å². The number of nitrogens with zero attached hydrogens (tertiary/aromatic N) is 8. The van der Waals surface area contributed by atoms with Crippen molar-refractivity contribution < 1.29 is 65.7 Å². The van der Waals surface area contributed by atoms with E-state index < -0.39 is 72.9 Å². The Labute approximate surface area is 357 Å². The molecule has 5 aromatic carbocycles. The molecule has 0 unspecified atom stereocenters. The van der Waals surface area contributed by atoms with E-state index in [9.17, 15) is 56.3 Å². The molecule has 0 radical (unpaired) electrons. The fourth-order valence-electron chi connectivity index (χ4n) is 5.89. The van der Waals surface area contributed by atoms with Crippen LogP contribution in [0.2, 0.25) is 0 Å². The Morgan fingerprint density at radius 1 is 0.683 bits per heavy atom. The SMILES string of the molecule is Cc1ccc(N=Nc2cc(OCCO)c(N=Nc3c(S(=O)(=O)O)cc4cc(-n5nc(CC(=O)O)c(N=Nc6ccccc6C)c5O)ccc4c3O)cc2OCCO)c(S(=O)(=O)O)c1. The summed E-state index contributed by atoms with van der Waals surface area (Å²) in [6.45, 7) is 1.78. The number of carboxylic acid groups (broad SMARTS) is 1. The van der Waals surface area contributed by atoms with Gasteiger partial charge in [-0.25, -0.2) is 0 Å². The number of aromatic hydroxyl groups is 2. The number of carboxylic acids is 1. The van der Waals surface area contributed by atoms with Gasteiger partial charge in [0.05, 0.1) is 31.0 Å². The number of aliphatic hydroxyl groups excluding tert-OH is 2. The minimum Gasteiger partial charge on any atom is -0.505 e. The number of aliphatic hydroxyl groups is 2. The Morgan fingerprint density at radius 2 is 1.27 bits per heavy atom. The monoisotopic (exact) mass is 904 g/mol. The lowest BCUT2D eigenvalue weighted by Gasteiger charge is -2.13. The van der Waals surface area contributed by atoms with Crippen molar-refractivity contribution in [1.29, 1.82) is 0 Å². The van der Waals surface area contributed by atoms with Crippen LogP contribution in [0.3, 0.4) is 0 Å². The van der Waals surface area contributed by atoms with E-state index in [-0.39, 0.29) is 69.6 Å². The van der Waals surface area contributed by atoms with Crippen molar-refractivity contribution in [2.45, 2.75) is 30.1 Å². The first-order chi connectivity index (χ1) is 29.9. The molecule has 22 nitrogen and oxygen atoms in total. The van der Waals surface area contributed by atoms with Crippen LogP contribution in [0, 0.1) is 13.8 Å². The second kappa shape index (κ2) is 18.8. The van der Waals surface area contributed by atoms with E-state index in [1.807, 2.05) is 0 Å². The Morgan fingerprint density at radius 3 is 1.87 bits per heavy atom. The predicted molar refractivity (Wildman–Crippen MR) is 222 cm³/mol. The fourth-order valence-corrected chi connectivity index (χ4v) is 7.26. The molecule has 24 heteroatoms. The van der Waals surface area contributed by atoms with Crippen molar-refractivity contribution in [2.24, 2.45) is 30.7 Å². The van der Waals surface area contributed by atoms with Gasteiger partial charge >= 0.3 is 5.97 Å². The summed E-state index contributed by atoms with van der Waals surface area (Å²) in [5, 5.41) is 79.5. The van der Waals surface area contributed by atoms with Crippen LogP contribution in [0.5, 0.6) is 23.1 Å². The smallest absolute Gasteiger partial charge is 0.309 e. The van der Waals surface area contributed by atoms with Gasteiger partial charge in [-0.1, -0.05) is 24.3 Å². The number of aryl methyl sites for hydroxylation is 2. The highest BCUT2D eigenvalue weighted by molar-refractivity contribution is 7.86. The third-order valence-electron chi connectivity index (χ3n) is 8.81. The minimum absolute atomic E-state index is 0.0264. The lowest BCUT2D eigenvalue weighted by atomic mass is 10.1. The van der Waals surface area contributed by atoms with Gasteiger partial charge in [0.1, 0.15) is 62.9 Å². The zero-order valence-corrected chi connectivity index (χ0v) is 34.6. The number of rotatable bonds is 17. The Hall–Kier alpha value is -7.22. The maximum atomic E-state index is 12.8. The highest BCUT2D eigenvalue weighted by Gasteiger charge is 2.25. The lowest BCUT2D eigenvalue weighted by molar-refractivity contribution is -0.136. The molecule has 1 aromatic heterocycles. The molecule has 0 aliphatic carbocycles. The molecule has 0 spiro atoms. The molecule has 1 heterocycles. The maximum absolute atomic E-state index is 12.8. The third kappa shape index (κ3) is 10.5. The van der Waals surface area contributed by atoms with Crippen LogP contribution in [0.25, 0.3) is 16.5 Å². The number of hydrogen-bond donors (Lipinski definition) is 7. The first-order valence-electron chi connectivity index (χ1n) is 18.2. The molecule has 0 aliphatic heterocycles. The number of carbonyl (C=O) groups is 1. The summed E-state index contributed by atoms with van der Waals surface area (Å²) < 4.78 is 81.8. The molecule has 6 aromatic rings. The molecule has 0 aliphatic rings. The molecular formula is C39H36N8O14S2. The normalized spacial score (nSPS) is 12.3. The highest BCUT2D eigenvalue weighted by Crippen LogP contribution is 2.46. The number of azo groups is 3. The van der Waals surface area contributed by atoms with Gasteiger partial charge in [0, 0.05) is 17.5 Å². The standard InChI is InChI=1S/C39H36N8O14S2/c1-21-7-10-27(33(15-21)62(54,55)56)41-42-28-18-32(61-14-12-49)29(19-31(28)60-13-11-48)43-45-37-34(63(57,58)59)17-23-16-24(8-9-25(23)38(37)52)47-39(53)36(30(46-47)20-35(50)51)44-40-26-6-4-3-5-22(26)2/h3-10,15-19,48-49,52-53H,11-14,20H2,1-2H3,(H,50,51)(H,54,55,56)(H,57,58,59). The van der Waals surface area contributed by atoms with E-state index in [0.29, 0.717) is 11.3 Å². The molecule has 0 amide bonds. The predicted octanol–water partition coefficient (Wildman–Crippen LogP) is 7.16. The molecule has 328 valence electrons. The average Bonchev–Trinajstić information content (AvgIpc) is 3.53. The van der Waals surface area contributed by atoms with Gasteiger partial charge in [0.25, 0.3) is 20.2 Å². The lowest BCUT2D eigenvalue weighted by Crippen LogP contribution is -2.04. The van der Waals surface area contributed by atoms with E-state index in [1.165, 1.54) is 48.5 Å². The van der Waals surface area contributed by atoms with Gasteiger partial charge in [-0.05, 0) is 72.8 Å². The summed E-state index contributed by atoms with van der Waals surface area (Å²) in [4.78, 5) is 10.2. The van der Waals surface area contributed by atoms with E-state index in [4.69, 9.17) is 9.47 Å². The quantitative estimate of drug-likeness (QED) is 0.0352. The maximum Gasteiger partial charge on any atom is 0.309 e. The first kappa shape index (κ1) is 45.3. The van der Waals surface area contributed by atoms with E-state index in [1.54, 1.807) is 38.1 Å². The second-order valence-corrected chi connectivity index (χ2v) is 16.1. The number of phenolic OH excluding ortho intramolecular Hbond substituents is 1.